The molecule has 0 saturated heterocycles. The second kappa shape index (κ2) is 5.10. The number of aryl methyl sites for hydroxylation is 1. The average Bonchev–Trinajstić information content (AvgIpc) is 2.35. The minimum Gasteiger partial charge on any atom is -0.398 e. The van der Waals surface area contributed by atoms with Gasteiger partial charge in [0.1, 0.15) is 5.82 Å². The third-order valence-electron chi connectivity index (χ3n) is 2.92. The van der Waals surface area contributed by atoms with Crippen molar-refractivity contribution in [3.63, 3.8) is 0 Å². The molecule has 3 nitrogen and oxygen atoms in total. The van der Waals surface area contributed by atoms with Crippen LogP contribution in [0.1, 0.15) is 22.8 Å². The van der Waals surface area contributed by atoms with Crippen LogP contribution in [0.5, 0.6) is 0 Å². The molecule has 2 rings (SSSR count). The number of hydrogen-bond donors (Lipinski definition) is 2. The van der Waals surface area contributed by atoms with Crippen LogP contribution in [0, 0.1) is 12.7 Å². The number of rotatable bonds is 3. The fourth-order valence-electron chi connectivity index (χ4n) is 1.87. The van der Waals surface area contributed by atoms with E-state index in [1.54, 1.807) is 24.3 Å². The number of carbonyl (C=O) groups is 1. The number of anilines is 3. The molecule has 0 unspecified atom stereocenters. The summed E-state index contributed by atoms with van der Waals surface area (Å²) in [4.78, 5) is 11.4. The lowest BCUT2D eigenvalue weighted by Gasteiger charge is -2.12. The maximum atomic E-state index is 13.7. The van der Waals surface area contributed by atoms with Crippen LogP contribution in [-0.4, -0.2) is 5.78 Å². The Morgan fingerprint density at radius 2 is 2.00 bits per heavy atom. The highest BCUT2D eigenvalue weighted by Crippen LogP contribution is 2.26. The SMILES string of the molecule is CC(=O)c1cc(Nc2c(C)cccc2F)ccc1N. The zero-order chi connectivity index (χ0) is 14.0. The van der Waals surface area contributed by atoms with Gasteiger partial charge in [0.25, 0.3) is 0 Å². The van der Waals surface area contributed by atoms with E-state index in [0.29, 0.717) is 22.6 Å². The molecule has 0 aliphatic rings. The van der Waals surface area contributed by atoms with E-state index in [9.17, 15) is 9.18 Å². The van der Waals surface area contributed by atoms with Crippen molar-refractivity contribution in [2.45, 2.75) is 13.8 Å². The van der Waals surface area contributed by atoms with Crippen LogP contribution in [0.4, 0.5) is 21.5 Å². The van der Waals surface area contributed by atoms with Crippen molar-refractivity contribution >= 4 is 22.8 Å². The molecule has 0 amide bonds. The predicted molar refractivity (Wildman–Crippen MR) is 75.3 cm³/mol. The first-order valence-electron chi connectivity index (χ1n) is 5.91. The number of halogens is 1. The number of nitrogens with one attached hydrogen (secondary N) is 1. The molecule has 0 aliphatic heterocycles. The van der Waals surface area contributed by atoms with Gasteiger partial charge in [0.15, 0.2) is 5.78 Å². The highest BCUT2D eigenvalue weighted by Gasteiger charge is 2.09. The summed E-state index contributed by atoms with van der Waals surface area (Å²) in [6.45, 7) is 3.26. The highest BCUT2D eigenvalue weighted by molar-refractivity contribution is 6.00. The molecule has 2 aromatic carbocycles. The van der Waals surface area contributed by atoms with E-state index in [-0.39, 0.29) is 11.6 Å². The minimum atomic E-state index is -0.332. The minimum absolute atomic E-state index is 0.119. The molecule has 98 valence electrons. The van der Waals surface area contributed by atoms with Crippen LogP contribution in [0.25, 0.3) is 0 Å². The summed E-state index contributed by atoms with van der Waals surface area (Å²) in [6.07, 6.45) is 0. The van der Waals surface area contributed by atoms with Crippen LogP contribution >= 0.6 is 0 Å². The van der Waals surface area contributed by atoms with E-state index in [2.05, 4.69) is 5.32 Å². The lowest BCUT2D eigenvalue weighted by Crippen LogP contribution is -2.02. The van der Waals surface area contributed by atoms with Crippen molar-refractivity contribution in [2.75, 3.05) is 11.1 Å². The third-order valence-corrected chi connectivity index (χ3v) is 2.92. The van der Waals surface area contributed by atoms with Gasteiger partial charge < -0.3 is 11.1 Å². The van der Waals surface area contributed by atoms with Crippen molar-refractivity contribution in [1.82, 2.24) is 0 Å². The van der Waals surface area contributed by atoms with Crippen molar-refractivity contribution in [3.8, 4) is 0 Å². The first-order valence-corrected chi connectivity index (χ1v) is 5.91. The molecule has 0 saturated carbocycles. The van der Waals surface area contributed by atoms with Crippen LogP contribution < -0.4 is 11.1 Å². The monoisotopic (exact) mass is 258 g/mol. The van der Waals surface area contributed by atoms with Gasteiger partial charge in [-0.05, 0) is 43.7 Å². The maximum absolute atomic E-state index is 13.7. The topological polar surface area (TPSA) is 55.1 Å². The smallest absolute Gasteiger partial charge is 0.161 e. The van der Waals surface area contributed by atoms with Crippen molar-refractivity contribution in [3.05, 3.63) is 53.3 Å². The Morgan fingerprint density at radius 3 is 2.63 bits per heavy atom. The summed E-state index contributed by atoms with van der Waals surface area (Å²) >= 11 is 0. The molecule has 19 heavy (non-hydrogen) atoms. The Kier molecular flexibility index (Phi) is 3.51. The quantitative estimate of drug-likeness (QED) is 0.652. The summed E-state index contributed by atoms with van der Waals surface area (Å²) in [7, 11) is 0. The highest BCUT2D eigenvalue weighted by atomic mass is 19.1. The lowest BCUT2D eigenvalue weighted by molar-refractivity contribution is 0.101. The fraction of sp³-hybridized carbons (Fsp3) is 0.133. The molecule has 0 bridgehead atoms. The molecule has 0 fully saturated rings. The zero-order valence-electron chi connectivity index (χ0n) is 10.8. The molecule has 3 N–H and O–H groups in total. The number of carbonyl (C=O) groups excluding carboxylic acids is 1. The maximum Gasteiger partial charge on any atom is 0.161 e. The van der Waals surface area contributed by atoms with Gasteiger partial charge in [-0.15, -0.1) is 0 Å². The number of hydrogen-bond acceptors (Lipinski definition) is 3. The molecule has 2 aromatic rings. The molecule has 0 aromatic heterocycles. The second-order valence-corrected chi connectivity index (χ2v) is 4.41. The van der Waals surface area contributed by atoms with E-state index in [1.165, 1.54) is 13.0 Å². The summed E-state index contributed by atoms with van der Waals surface area (Å²) in [5, 5.41) is 2.98. The van der Waals surface area contributed by atoms with E-state index in [1.807, 2.05) is 13.0 Å². The fourth-order valence-corrected chi connectivity index (χ4v) is 1.87. The van der Waals surface area contributed by atoms with Gasteiger partial charge in [0, 0.05) is 16.9 Å². The Bertz CT molecular complexity index is 618. The van der Waals surface area contributed by atoms with Crippen LogP contribution in [0.15, 0.2) is 36.4 Å². The summed E-state index contributed by atoms with van der Waals surface area (Å²) in [5.74, 6) is -0.451. The molecule has 0 aliphatic carbocycles. The molecule has 0 radical (unpaired) electrons. The first-order chi connectivity index (χ1) is 8.99. The van der Waals surface area contributed by atoms with Gasteiger partial charge >= 0.3 is 0 Å². The number of benzene rings is 2. The number of para-hydroxylation sites is 1. The van der Waals surface area contributed by atoms with Gasteiger partial charge in [0.2, 0.25) is 0 Å². The van der Waals surface area contributed by atoms with Crippen molar-refractivity contribution in [2.24, 2.45) is 0 Å². The van der Waals surface area contributed by atoms with E-state index in [0.717, 1.165) is 5.56 Å². The van der Waals surface area contributed by atoms with Crippen LogP contribution in [-0.2, 0) is 0 Å². The van der Waals surface area contributed by atoms with Gasteiger partial charge in [-0.25, -0.2) is 4.39 Å². The molecule has 4 heteroatoms. The normalized spacial score (nSPS) is 10.3. The van der Waals surface area contributed by atoms with E-state index < -0.39 is 0 Å². The van der Waals surface area contributed by atoms with E-state index in [4.69, 9.17) is 5.73 Å². The standard InChI is InChI=1S/C15H15FN2O/c1-9-4-3-5-13(16)15(9)18-11-6-7-14(17)12(8-11)10(2)19/h3-8,18H,17H2,1-2H3. The van der Waals surface area contributed by atoms with Crippen molar-refractivity contribution in [1.29, 1.82) is 0 Å². The number of ketones is 1. The van der Waals surface area contributed by atoms with Gasteiger partial charge in [0.05, 0.1) is 5.69 Å². The van der Waals surface area contributed by atoms with Crippen molar-refractivity contribution < 1.29 is 9.18 Å². The number of nitrogen functional groups attached to an aromatic ring is 1. The summed E-state index contributed by atoms with van der Waals surface area (Å²) < 4.78 is 13.7. The summed E-state index contributed by atoms with van der Waals surface area (Å²) in [5.41, 5.74) is 8.40. The molecule has 0 heterocycles. The third kappa shape index (κ3) is 2.73. The second-order valence-electron chi connectivity index (χ2n) is 4.41. The Labute approximate surface area is 111 Å². The first kappa shape index (κ1) is 13.1. The molecule has 0 spiro atoms. The zero-order valence-corrected chi connectivity index (χ0v) is 10.8. The average molecular weight is 258 g/mol. The van der Waals surface area contributed by atoms with Crippen LogP contribution in [0.3, 0.4) is 0 Å². The Balaban J connectivity index is 2.39. The van der Waals surface area contributed by atoms with Gasteiger partial charge in [-0.1, -0.05) is 12.1 Å². The number of nitrogens with two attached hydrogens (primary N) is 1. The lowest BCUT2D eigenvalue weighted by atomic mass is 10.1. The predicted octanol–water partition coefficient (Wildman–Crippen LogP) is 3.66. The molecular weight excluding hydrogens is 243 g/mol. The molecular formula is C15H15FN2O. The Morgan fingerprint density at radius 1 is 1.26 bits per heavy atom. The van der Waals surface area contributed by atoms with Crippen LogP contribution in [0.2, 0.25) is 0 Å². The van der Waals surface area contributed by atoms with E-state index >= 15 is 0 Å². The summed E-state index contributed by atoms with van der Waals surface area (Å²) in [6, 6.07) is 9.83. The Hall–Kier alpha value is -2.36. The van der Waals surface area contributed by atoms with Gasteiger partial charge in [-0.3, -0.25) is 4.79 Å². The largest absolute Gasteiger partial charge is 0.398 e. The number of Topliss-reactive ketones (excluding diaryl/α,β-unsaturated/α-hetero) is 1. The van der Waals surface area contributed by atoms with Gasteiger partial charge in [-0.2, -0.15) is 0 Å². The molecule has 0 atom stereocenters.